The molecule has 0 radical (unpaired) electrons. The molecule has 45 heavy (non-hydrogen) atoms. The summed E-state index contributed by atoms with van der Waals surface area (Å²) in [5, 5.41) is 29.3. The minimum Gasteiger partial charge on any atom is -0.478 e. The normalized spacial score (nSPS) is 14.3. The molecule has 4 aromatic carbocycles. The van der Waals surface area contributed by atoms with Crippen molar-refractivity contribution in [2.75, 3.05) is 0 Å². The molecule has 1 unspecified atom stereocenters. The Bertz CT molecular complexity index is 1820. The monoisotopic (exact) mass is 617 g/mol. The van der Waals surface area contributed by atoms with Crippen LogP contribution in [-0.4, -0.2) is 44.0 Å². The van der Waals surface area contributed by atoms with Crippen LogP contribution in [0.4, 0.5) is 13.2 Å². The van der Waals surface area contributed by atoms with E-state index in [1.54, 1.807) is 24.3 Å². The highest BCUT2D eigenvalue weighted by atomic mass is 19.4. The summed E-state index contributed by atoms with van der Waals surface area (Å²) in [6, 6.07) is 19.7. The van der Waals surface area contributed by atoms with Crippen LogP contribution in [0.3, 0.4) is 0 Å². The number of alkyl halides is 3. The number of hydrogen-bond acceptors (Lipinski definition) is 4. The van der Waals surface area contributed by atoms with E-state index in [1.165, 1.54) is 17.0 Å². The summed E-state index contributed by atoms with van der Waals surface area (Å²) in [7, 11) is 0. The van der Waals surface area contributed by atoms with E-state index in [-0.39, 0.29) is 6.54 Å². The molecule has 1 aliphatic carbocycles. The molecule has 230 valence electrons. The second-order valence-electron chi connectivity index (χ2n) is 10.6. The van der Waals surface area contributed by atoms with E-state index in [0.29, 0.717) is 35.6 Å². The summed E-state index contributed by atoms with van der Waals surface area (Å²) in [4.78, 5) is 51.9. The Morgan fingerprint density at radius 2 is 1.29 bits per heavy atom. The number of carboxylic acids is 3. The average molecular weight is 618 g/mol. The van der Waals surface area contributed by atoms with Crippen molar-refractivity contribution < 1.29 is 47.7 Å². The third-order valence-corrected chi connectivity index (χ3v) is 7.94. The maximum Gasteiger partial charge on any atom is 0.416 e. The first-order valence-electron chi connectivity index (χ1n) is 13.9. The van der Waals surface area contributed by atoms with Crippen LogP contribution in [0.5, 0.6) is 0 Å². The van der Waals surface area contributed by atoms with E-state index in [9.17, 15) is 47.7 Å². The molecule has 1 atom stereocenters. The predicted octanol–water partition coefficient (Wildman–Crippen LogP) is 7.19. The summed E-state index contributed by atoms with van der Waals surface area (Å²) in [5.74, 6) is -5.78. The van der Waals surface area contributed by atoms with Gasteiger partial charge in [0.15, 0.2) is 0 Å². The molecular weight excluding hydrogens is 591 g/mol. The Morgan fingerprint density at radius 1 is 0.733 bits per heavy atom. The highest BCUT2D eigenvalue weighted by molar-refractivity contribution is 6.10. The fourth-order valence-corrected chi connectivity index (χ4v) is 5.80. The molecule has 8 nitrogen and oxygen atoms in total. The number of nitrogens with zero attached hydrogens (tertiary/aromatic N) is 1. The highest BCUT2D eigenvalue weighted by Crippen LogP contribution is 2.38. The van der Waals surface area contributed by atoms with Crippen molar-refractivity contribution >= 4 is 23.8 Å². The van der Waals surface area contributed by atoms with Crippen LogP contribution in [0.2, 0.25) is 0 Å². The first kappa shape index (κ1) is 31.0. The molecule has 1 aliphatic rings. The largest absolute Gasteiger partial charge is 0.478 e. The average Bonchev–Trinajstić information content (AvgIpc) is 3.02. The summed E-state index contributed by atoms with van der Waals surface area (Å²) >= 11 is 0. The topological polar surface area (TPSA) is 132 Å². The molecule has 5 rings (SSSR count). The number of rotatable bonds is 8. The number of fused-ring (bicyclic) bond motifs is 1. The molecule has 1 amide bonds. The first-order valence-corrected chi connectivity index (χ1v) is 13.9. The van der Waals surface area contributed by atoms with Gasteiger partial charge in [0.05, 0.1) is 33.9 Å². The summed E-state index contributed by atoms with van der Waals surface area (Å²) < 4.78 is 39.7. The number of amides is 1. The van der Waals surface area contributed by atoms with Crippen molar-refractivity contribution in [2.45, 2.75) is 38.0 Å². The lowest BCUT2D eigenvalue weighted by molar-refractivity contribution is -0.137. The number of aryl methyl sites for hydroxylation is 1. The lowest BCUT2D eigenvalue weighted by Gasteiger charge is -2.37. The van der Waals surface area contributed by atoms with Crippen LogP contribution >= 0.6 is 0 Å². The lowest BCUT2D eigenvalue weighted by atomic mass is 9.85. The van der Waals surface area contributed by atoms with Gasteiger partial charge in [-0.15, -0.1) is 0 Å². The van der Waals surface area contributed by atoms with E-state index in [0.717, 1.165) is 35.7 Å². The molecule has 0 bridgehead atoms. The van der Waals surface area contributed by atoms with E-state index in [4.69, 9.17) is 0 Å². The molecule has 0 heterocycles. The van der Waals surface area contributed by atoms with Crippen molar-refractivity contribution in [3.8, 4) is 11.1 Å². The molecule has 3 N–H and O–H groups in total. The van der Waals surface area contributed by atoms with Gasteiger partial charge in [0.1, 0.15) is 0 Å². The van der Waals surface area contributed by atoms with Gasteiger partial charge in [-0.2, -0.15) is 13.2 Å². The number of halogens is 3. The maximum atomic E-state index is 14.4. The maximum absolute atomic E-state index is 14.4. The van der Waals surface area contributed by atoms with Crippen LogP contribution in [-0.2, 0) is 19.1 Å². The molecule has 0 aliphatic heterocycles. The number of carbonyl (C=O) groups is 4. The lowest BCUT2D eigenvalue weighted by Crippen LogP contribution is -2.37. The summed E-state index contributed by atoms with van der Waals surface area (Å²) in [6.07, 6.45) is -2.60. The number of hydrogen-bond donors (Lipinski definition) is 3. The van der Waals surface area contributed by atoms with E-state index in [2.05, 4.69) is 0 Å². The Hall–Kier alpha value is -5.45. The quantitative estimate of drug-likeness (QED) is 0.191. The van der Waals surface area contributed by atoms with Crippen molar-refractivity contribution in [1.82, 2.24) is 4.90 Å². The fourth-order valence-electron chi connectivity index (χ4n) is 5.80. The highest BCUT2D eigenvalue weighted by Gasteiger charge is 2.34. The van der Waals surface area contributed by atoms with Gasteiger partial charge in [0, 0.05) is 6.54 Å². The predicted molar refractivity (Wildman–Crippen MR) is 156 cm³/mol. The van der Waals surface area contributed by atoms with E-state index in [1.807, 2.05) is 24.3 Å². The van der Waals surface area contributed by atoms with Gasteiger partial charge in [0.2, 0.25) is 0 Å². The molecule has 4 aromatic rings. The van der Waals surface area contributed by atoms with Crippen LogP contribution < -0.4 is 0 Å². The first-order chi connectivity index (χ1) is 21.4. The van der Waals surface area contributed by atoms with Crippen molar-refractivity contribution in [1.29, 1.82) is 0 Å². The van der Waals surface area contributed by atoms with Crippen molar-refractivity contribution in [3.63, 3.8) is 0 Å². The zero-order valence-corrected chi connectivity index (χ0v) is 23.5. The smallest absolute Gasteiger partial charge is 0.416 e. The Kier molecular flexibility index (Phi) is 8.45. The minimum atomic E-state index is -4.53. The summed E-state index contributed by atoms with van der Waals surface area (Å²) in [5.41, 5.74) is -0.170. The summed E-state index contributed by atoms with van der Waals surface area (Å²) in [6.45, 7) is -0.114. The number of benzene rings is 4. The SMILES string of the molecule is O=C(O)c1cc(C(=O)O)c(C(=O)N(Cc2ccccc2-c2ccc(C(F)(F)F)cc2)C2CCCc3ccccc32)cc1C(=O)O. The number of aromatic carboxylic acids is 3. The van der Waals surface area contributed by atoms with Gasteiger partial charge in [-0.1, -0.05) is 60.7 Å². The molecule has 0 saturated carbocycles. The van der Waals surface area contributed by atoms with Crippen LogP contribution in [0, 0.1) is 0 Å². The molecule has 0 fully saturated rings. The number of carbonyl (C=O) groups excluding carboxylic acids is 1. The third kappa shape index (κ3) is 6.28. The molecule has 0 aromatic heterocycles. The van der Waals surface area contributed by atoms with E-state index < -0.39 is 63.9 Å². The zero-order chi connectivity index (χ0) is 32.5. The Labute approximate surface area is 255 Å². The van der Waals surface area contributed by atoms with Gasteiger partial charge in [0.25, 0.3) is 5.91 Å². The Balaban J connectivity index is 1.67. The zero-order valence-electron chi connectivity index (χ0n) is 23.5. The second-order valence-corrected chi connectivity index (χ2v) is 10.6. The van der Waals surface area contributed by atoms with E-state index >= 15 is 0 Å². The molecule has 11 heteroatoms. The van der Waals surface area contributed by atoms with Gasteiger partial charge in [-0.05, 0) is 71.3 Å². The standard InChI is InChI=1S/C34H26F3NO7/c35-34(36,37)22-14-12-20(13-15-22)23-9-3-2-7-21(23)18-38(29-11-5-8-19-6-1-4-10-24(19)29)30(39)25-16-27(32(42)43)28(33(44)45)17-26(25)31(40)41/h1-4,6-7,9-10,12-17,29H,5,8,11,18H2,(H,40,41)(H,42,43)(H,44,45). The Morgan fingerprint density at radius 3 is 1.91 bits per heavy atom. The van der Waals surface area contributed by atoms with Gasteiger partial charge in [-0.3, -0.25) is 4.79 Å². The minimum absolute atomic E-state index is 0.114. The van der Waals surface area contributed by atoms with Crippen LogP contribution in [0.15, 0.2) is 84.9 Å². The van der Waals surface area contributed by atoms with Crippen molar-refractivity contribution in [3.05, 3.63) is 129 Å². The van der Waals surface area contributed by atoms with Crippen LogP contribution in [0.25, 0.3) is 11.1 Å². The second kappa shape index (κ2) is 12.3. The number of carboxylic acid groups (broad SMARTS) is 3. The molecule has 0 spiro atoms. The third-order valence-electron chi connectivity index (χ3n) is 7.94. The fraction of sp³-hybridized carbons (Fsp3) is 0.176. The van der Waals surface area contributed by atoms with Crippen molar-refractivity contribution in [2.24, 2.45) is 0 Å². The molecular formula is C34H26F3NO7. The van der Waals surface area contributed by atoms with Gasteiger partial charge < -0.3 is 20.2 Å². The van der Waals surface area contributed by atoms with Crippen LogP contribution in [0.1, 0.15) is 82.6 Å². The van der Waals surface area contributed by atoms with Gasteiger partial charge in [-0.25, -0.2) is 14.4 Å². The molecule has 0 saturated heterocycles. The van der Waals surface area contributed by atoms with Gasteiger partial charge >= 0.3 is 24.1 Å².